The second kappa shape index (κ2) is 3.49. The third kappa shape index (κ3) is 1.65. The van der Waals surface area contributed by atoms with E-state index in [9.17, 15) is 13.6 Å². The van der Waals surface area contributed by atoms with E-state index in [1.54, 1.807) is 0 Å². The number of ether oxygens (including phenoxy) is 1. The SMILES string of the molecule is CN1C(=O)CCOc2c(F)cc(F)cc21. The molecule has 1 aromatic rings. The van der Waals surface area contributed by atoms with E-state index in [1.165, 1.54) is 11.9 Å². The van der Waals surface area contributed by atoms with Gasteiger partial charge in [-0.05, 0) is 0 Å². The fourth-order valence-electron chi connectivity index (χ4n) is 1.48. The summed E-state index contributed by atoms with van der Waals surface area (Å²) in [5, 5.41) is 0. The molecule has 0 unspecified atom stereocenters. The van der Waals surface area contributed by atoms with Crippen molar-refractivity contribution in [2.75, 3.05) is 18.6 Å². The highest BCUT2D eigenvalue weighted by Crippen LogP contribution is 2.33. The van der Waals surface area contributed by atoms with Gasteiger partial charge in [-0.25, -0.2) is 8.78 Å². The van der Waals surface area contributed by atoms with Crippen LogP contribution in [0.25, 0.3) is 0 Å². The van der Waals surface area contributed by atoms with Crippen molar-refractivity contribution < 1.29 is 18.3 Å². The van der Waals surface area contributed by atoms with Gasteiger partial charge in [0.2, 0.25) is 5.91 Å². The van der Waals surface area contributed by atoms with Crippen LogP contribution in [0.2, 0.25) is 0 Å². The maximum atomic E-state index is 13.3. The summed E-state index contributed by atoms with van der Waals surface area (Å²) < 4.78 is 31.3. The summed E-state index contributed by atoms with van der Waals surface area (Å²) in [6.45, 7) is 0.110. The molecule has 1 aromatic carbocycles. The highest BCUT2D eigenvalue weighted by Gasteiger charge is 2.23. The summed E-state index contributed by atoms with van der Waals surface area (Å²) >= 11 is 0. The van der Waals surface area contributed by atoms with Gasteiger partial charge in [-0.3, -0.25) is 4.79 Å². The van der Waals surface area contributed by atoms with Crippen molar-refractivity contribution in [3.63, 3.8) is 0 Å². The van der Waals surface area contributed by atoms with Crippen LogP contribution in [0.3, 0.4) is 0 Å². The van der Waals surface area contributed by atoms with Crippen LogP contribution in [0.4, 0.5) is 14.5 Å². The summed E-state index contributed by atoms with van der Waals surface area (Å²) in [6, 6.07) is 1.82. The normalized spacial score (nSPS) is 15.7. The molecule has 1 heterocycles. The van der Waals surface area contributed by atoms with E-state index in [2.05, 4.69) is 0 Å². The van der Waals surface area contributed by atoms with Crippen LogP contribution in [0.15, 0.2) is 12.1 Å². The fourth-order valence-corrected chi connectivity index (χ4v) is 1.48. The fraction of sp³-hybridized carbons (Fsp3) is 0.300. The Bertz CT molecular complexity index is 420. The van der Waals surface area contributed by atoms with Crippen molar-refractivity contribution in [2.24, 2.45) is 0 Å². The van der Waals surface area contributed by atoms with Gasteiger partial charge in [-0.1, -0.05) is 0 Å². The van der Waals surface area contributed by atoms with Gasteiger partial charge in [0.1, 0.15) is 5.82 Å². The minimum atomic E-state index is -0.786. The topological polar surface area (TPSA) is 29.5 Å². The molecule has 0 aromatic heterocycles. The largest absolute Gasteiger partial charge is 0.488 e. The average Bonchev–Trinajstić information content (AvgIpc) is 2.30. The smallest absolute Gasteiger partial charge is 0.230 e. The molecule has 0 N–H and O–H groups in total. The minimum absolute atomic E-state index is 0.0650. The highest BCUT2D eigenvalue weighted by atomic mass is 19.1. The number of benzene rings is 1. The van der Waals surface area contributed by atoms with Gasteiger partial charge in [0.25, 0.3) is 0 Å². The number of fused-ring (bicyclic) bond motifs is 1. The number of anilines is 1. The zero-order chi connectivity index (χ0) is 11.0. The van der Waals surface area contributed by atoms with Crippen molar-refractivity contribution in [2.45, 2.75) is 6.42 Å². The zero-order valence-corrected chi connectivity index (χ0v) is 8.09. The predicted octanol–water partition coefficient (Wildman–Crippen LogP) is 1.71. The van der Waals surface area contributed by atoms with Crippen LogP contribution in [-0.4, -0.2) is 19.6 Å². The van der Waals surface area contributed by atoms with Crippen molar-refractivity contribution in [3.05, 3.63) is 23.8 Å². The van der Waals surface area contributed by atoms with Gasteiger partial charge in [-0.15, -0.1) is 0 Å². The van der Waals surface area contributed by atoms with E-state index in [0.717, 1.165) is 12.1 Å². The Hall–Kier alpha value is -1.65. The predicted molar refractivity (Wildman–Crippen MR) is 49.9 cm³/mol. The summed E-state index contributed by atoms with van der Waals surface area (Å²) in [7, 11) is 1.47. The summed E-state index contributed by atoms with van der Waals surface area (Å²) in [4.78, 5) is 12.6. The lowest BCUT2D eigenvalue weighted by Gasteiger charge is -2.16. The van der Waals surface area contributed by atoms with Crippen LogP contribution >= 0.6 is 0 Å². The molecule has 80 valence electrons. The molecule has 0 saturated heterocycles. The lowest BCUT2D eigenvalue weighted by Crippen LogP contribution is -2.25. The van der Waals surface area contributed by atoms with E-state index in [4.69, 9.17) is 4.74 Å². The molecule has 2 rings (SSSR count). The Morgan fingerprint density at radius 2 is 2.13 bits per heavy atom. The van der Waals surface area contributed by atoms with Crippen molar-refractivity contribution in [1.29, 1.82) is 0 Å². The van der Waals surface area contributed by atoms with Crippen molar-refractivity contribution in [1.82, 2.24) is 0 Å². The van der Waals surface area contributed by atoms with Crippen LogP contribution < -0.4 is 9.64 Å². The number of carbonyl (C=O) groups excluding carboxylic acids is 1. The average molecular weight is 213 g/mol. The first kappa shape index (κ1) is 9.89. The first-order valence-corrected chi connectivity index (χ1v) is 4.48. The highest BCUT2D eigenvalue weighted by molar-refractivity contribution is 5.95. The summed E-state index contributed by atoms with van der Waals surface area (Å²) in [5.41, 5.74) is 0.134. The Labute approximate surface area is 85.3 Å². The van der Waals surface area contributed by atoms with Crippen LogP contribution in [0.5, 0.6) is 5.75 Å². The molecule has 5 heteroatoms. The molecule has 0 atom stereocenters. The third-order valence-corrected chi connectivity index (χ3v) is 2.29. The molecule has 0 fully saturated rings. The molecule has 1 amide bonds. The monoisotopic (exact) mass is 213 g/mol. The van der Waals surface area contributed by atoms with E-state index < -0.39 is 11.6 Å². The number of amides is 1. The van der Waals surface area contributed by atoms with E-state index >= 15 is 0 Å². The molecule has 15 heavy (non-hydrogen) atoms. The molecular formula is C10H9F2NO2. The van der Waals surface area contributed by atoms with Crippen LogP contribution in [-0.2, 0) is 4.79 Å². The second-order valence-electron chi connectivity index (χ2n) is 3.29. The Balaban J connectivity index is 2.58. The van der Waals surface area contributed by atoms with E-state index in [-0.39, 0.29) is 30.4 Å². The third-order valence-electron chi connectivity index (χ3n) is 2.29. The number of hydrogen-bond donors (Lipinski definition) is 0. The van der Waals surface area contributed by atoms with Crippen molar-refractivity contribution >= 4 is 11.6 Å². The van der Waals surface area contributed by atoms with E-state index in [0.29, 0.717) is 0 Å². The molecule has 0 radical (unpaired) electrons. The summed E-state index contributed by atoms with van der Waals surface area (Å²) in [6.07, 6.45) is 0.159. The van der Waals surface area contributed by atoms with Crippen molar-refractivity contribution in [3.8, 4) is 5.75 Å². The first-order chi connectivity index (χ1) is 7.09. The number of rotatable bonds is 0. The van der Waals surface area contributed by atoms with Gasteiger partial charge >= 0.3 is 0 Å². The quantitative estimate of drug-likeness (QED) is 0.656. The maximum Gasteiger partial charge on any atom is 0.230 e. The lowest BCUT2D eigenvalue weighted by molar-refractivity contribution is -0.118. The standard InChI is InChI=1S/C10H9F2NO2/c1-13-8-5-6(11)4-7(12)10(8)15-3-2-9(13)14/h4-5H,2-3H2,1H3. The molecular weight excluding hydrogens is 204 g/mol. The molecule has 1 aliphatic heterocycles. The second-order valence-corrected chi connectivity index (χ2v) is 3.29. The lowest BCUT2D eigenvalue weighted by atomic mass is 10.2. The molecule has 3 nitrogen and oxygen atoms in total. The number of carbonyl (C=O) groups is 1. The van der Waals surface area contributed by atoms with Gasteiger partial charge in [-0.2, -0.15) is 0 Å². The molecule has 0 bridgehead atoms. The number of halogens is 2. The first-order valence-electron chi connectivity index (χ1n) is 4.48. The molecule has 0 aliphatic carbocycles. The molecule has 0 saturated carbocycles. The Morgan fingerprint density at radius 1 is 1.40 bits per heavy atom. The molecule has 0 spiro atoms. The Morgan fingerprint density at radius 3 is 2.87 bits per heavy atom. The van der Waals surface area contributed by atoms with Gasteiger partial charge in [0.15, 0.2) is 11.6 Å². The van der Waals surface area contributed by atoms with Gasteiger partial charge in [0, 0.05) is 19.2 Å². The zero-order valence-electron chi connectivity index (χ0n) is 8.09. The summed E-state index contributed by atoms with van der Waals surface area (Å²) in [5.74, 6) is -1.80. The molecule has 1 aliphatic rings. The maximum absolute atomic E-state index is 13.3. The number of nitrogens with zero attached hydrogens (tertiary/aromatic N) is 1. The van der Waals surface area contributed by atoms with Gasteiger partial charge < -0.3 is 9.64 Å². The number of hydrogen-bond acceptors (Lipinski definition) is 2. The van der Waals surface area contributed by atoms with Crippen LogP contribution in [0, 0.1) is 11.6 Å². The Kier molecular flexibility index (Phi) is 2.30. The van der Waals surface area contributed by atoms with E-state index in [1.807, 2.05) is 0 Å². The minimum Gasteiger partial charge on any atom is -0.488 e. The van der Waals surface area contributed by atoms with Crippen LogP contribution in [0.1, 0.15) is 6.42 Å². The van der Waals surface area contributed by atoms with Gasteiger partial charge in [0.05, 0.1) is 18.7 Å².